The van der Waals surface area contributed by atoms with E-state index in [4.69, 9.17) is 4.74 Å². The van der Waals surface area contributed by atoms with Gasteiger partial charge in [-0.25, -0.2) is 0 Å². The summed E-state index contributed by atoms with van der Waals surface area (Å²) in [6.45, 7) is 2.57. The molecular weight excluding hydrogens is 264 g/mol. The zero-order valence-corrected chi connectivity index (χ0v) is 12.3. The number of hydrogen-bond acceptors (Lipinski definition) is 4. The maximum absolute atomic E-state index is 12.0. The summed E-state index contributed by atoms with van der Waals surface area (Å²) in [6.07, 6.45) is 3.57. The summed E-state index contributed by atoms with van der Waals surface area (Å²) in [6, 6.07) is 13.7. The molecule has 0 saturated heterocycles. The highest BCUT2D eigenvalue weighted by Crippen LogP contribution is 2.18. The molecule has 21 heavy (non-hydrogen) atoms. The summed E-state index contributed by atoms with van der Waals surface area (Å²) in [5.74, 6) is -0.539. The summed E-state index contributed by atoms with van der Waals surface area (Å²) < 4.78 is 4.91. The van der Waals surface area contributed by atoms with Crippen LogP contribution in [-0.4, -0.2) is 24.6 Å². The molecule has 2 atom stereocenters. The lowest BCUT2D eigenvalue weighted by Gasteiger charge is -2.19. The van der Waals surface area contributed by atoms with E-state index in [0.29, 0.717) is 6.54 Å². The Morgan fingerprint density at radius 2 is 1.90 bits per heavy atom. The second kappa shape index (κ2) is 7.55. The molecule has 2 rings (SSSR count). The largest absolute Gasteiger partial charge is 0.469 e. The third kappa shape index (κ3) is 4.13. The number of carbonyl (C=O) groups is 1. The number of methoxy groups -OCH3 is 1. The van der Waals surface area contributed by atoms with Crippen molar-refractivity contribution in [3.63, 3.8) is 0 Å². The van der Waals surface area contributed by atoms with Crippen LogP contribution in [0, 0.1) is 0 Å². The van der Waals surface area contributed by atoms with Gasteiger partial charge in [-0.3, -0.25) is 9.78 Å². The van der Waals surface area contributed by atoms with Crippen molar-refractivity contribution in [1.29, 1.82) is 0 Å². The van der Waals surface area contributed by atoms with Crippen LogP contribution >= 0.6 is 0 Å². The first-order chi connectivity index (χ1) is 10.2. The fourth-order valence-electron chi connectivity index (χ4n) is 2.21. The van der Waals surface area contributed by atoms with Gasteiger partial charge in [0.05, 0.1) is 13.0 Å². The highest BCUT2D eigenvalue weighted by Gasteiger charge is 2.21. The molecule has 0 bridgehead atoms. The average molecular weight is 284 g/mol. The van der Waals surface area contributed by atoms with Crippen LogP contribution in [0.2, 0.25) is 0 Å². The first-order valence-corrected chi connectivity index (χ1v) is 6.98. The molecule has 0 fully saturated rings. The van der Waals surface area contributed by atoms with Crippen molar-refractivity contribution in [2.75, 3.05) is 13.7 Å². The quantitative estimate of drug-likeness (QED) is 0.829. The Balaban J connectivity index is 2.05. The summed E-state index contributed by atoms with van der Waals surface area (Å²) in [5.41, 5.74) is 2.05. The van der Waals surface area contributed by atoms with Crippen molar-refractivity contribution in [3.05, 3.63) is 66.0 Å². The van der Waals surface area contributed by atoms with Crippen LogP contribution in [-0.2, 0) is 9.53 Å². The van der Waals surface area contributed by atoms with E-state index in [2.05, 4.69) is 17.2 Å². The number of nitrogens with zero attached hydrogens (tertiary/aromatic N) is 1. The van der Waals surface area contributed by atoms with Crippen LogP contribution in [0.25, 0.3) is 0 Å². The molecule has 0 amide bonds. The van der Waals surface area contributed by atoms with E-state index >= 15 is 0 Å². The maximum atomic E-state index is 12.0. The van der Waals surface area contributed by atoms with Crippen molar-refractivity contribution >= 4 is 5.97 Å². The van der Waals surface area contributed by atoms with Gasteiger partial charge in [-0.1, -0.05) is 36.4 Å². The highest BCUT2D eigenvalue weighted by atomic mass is 16.5. The normalized spacial score (nSPS) is 13.4. The predicted octanol–water partition coefficient (Wildman–Crippen LogP) is 2.69. The lowest BCUT2D eigenvalue weighted by Crippen LogP contribution is -2.29. The lowest BCUT2D eigenvalue weighted by atomic mass is 9.98. The van der Waals surface area contributed by atoms with E-state index in [-0.39, 0.29) is 17.9 Å². The summed E-state index contributed by atoms with van der Waals surface area (Å²) >= 11 is 0. The molecule has 0 saturated carbocycles. The zero-order chi connectivity index (χ0) is 15.1. The molecule has 0 aliphatic carbocycles. The SMILES string of the molecule is COC(=O)C(CN[C@@H](C)c1cccnc1)c1ccccc1. The Morgan fingerprint density at radius 3 is 2.52 bits per heavy atom. The van der Waals surface area contributed by atoms with Crippen molar-refractivity contribution in [3.8, 4) is 0 Å². The Hall–Kier alpha value is -2.20. The molecule has 110 valence electrons. The van der Waals surface area contributed by atoms with Gasteiger partial charge in [0.1, 0.15) is 0 Å². The van der Waals surface area contributed by atoms with Crippen molar-refractivity contribution in [1.82, 2.24) is 10.3 Å². The van der Waals surface area contributed by atoms with E-state index in [1.165, 1.54) is 7.11 Å². The second-order valence-electron chi connectivity index (χ2n) is 4.90. The van der Waals surface area contributed by atoms with Gasteiger partial charge in [-0.2, -0.15) is 0 Å². The Bertz CT molecular complexity index is 558. The number of aromatic nitrogens is 1. The van der Waals surface area contributed by atoms with Crippen LogP contribution in [0.1, 0.15) is 30.0 Å². The van der Waals surface area contributed by atoms with Gasteiger partial charge >= 0.3 is 5.97 Å². The minimum absolute atomic E-state index is 0.120. The van der Waals surface area contributed by atoms with Crippen LogP contribution < -0.4 is 5.32 Å². The van der Waals surface area contributed by atoms with Gasteiger partial charge in [-0.05, 0) is 24.1 Å². The number of rotatable bonds is 6. The molecule has 4 heteroatoms. The van der Waals surface area contributed by atoms with Crippen molar-refractivity contribution in [2.45, 2.75) is 18.9 Å². The maximum Gasteiger partial charge on any atom is 0.314 e. The third-order valence-electron chi connectivity index (χ3n) is 3.50. The van der Waals surface area contributed by atoms with E-state index in [9.17, 15) is 4.79 Å². The fourth-order valence-corrected chi connectivity index (χ4v) is 2.21. The molecule has 1 N–H and O–H groups in total. The first-order valence-electron chi connectivity index (χ1n) is 6.98. The molecule has 1 unspecified atom stereocenters. The minimum atomic E-state index is -0.310. The Labute approximate surface area is 125 Å². The van der Waals surface area contributed by atoms with Crippen LogP contribution in [0.4, 0.5) is 0 Å². The highest BCUT2D eigenvalue weighted by molar-refractivity contribution is 5.78. The smallest absolute Gasteiger partial charge is 0.314 e. The van der Waals surface area contributed by atoms with Gasteiger partial charge in [-0.15, -0.1) is 0 Å². The molecule has 2 aromatic rings. The second-order valence-corrected chi connectivity index (χ2v) is 4.90. The minimum Gasteiger partial charge on any atom is -0.469 e. The van der Waals surface area contributed by atoms with Gasteiger partial charge in [0.25, 0.3) is 0 Å². The number of benzene rings is 1. The van der Waals surface area contributed by atoms with Crippen molar-refractivity contribution in [2.24, 2.45) is 0 Å². The van der Waals surface area contributed by atoms with Crippen LogP contribution in [0.5, 0.6) is 0 Å². The van der Waals surface area contributed by atoms with Gasteiger partial charge in [0, 0.05) is 25.0 Å². The third-order valence-corrected chi connectivity index (χ3v) is 3.50. The molecule has 1 heterocycles. The fraction of sp³-hybridized carbons (Fsp3) is 0.294. The number of carbonyl (C=O) groups excluding carboxylic acids is 1. The predicted molar refractivity (Wildman–Crippen MR) is 81.9 cm³/mol. The molecule has 0 radical (unpaired) electrons. The summed E-state index contributed by atoms with van der Waals surface area (Å²) in [4.78, 5) is 16.1. The number of nitrogens with one attached hydrogen (secondary N) is 1. The first kappa shape index (κ1) is 15.2. The summed E-state index contributed by atoms with van der Waals surface area (Å²) in [7, 11) is 1.42. The molecule has 0 spiro atoms. The monoisotopic (exact) mass is 284 g/mol. The van der Waals surface area contributed by atoms with Gasteiger partial charge in [0.2, 0.25) is 0 Å². The van der Waals surface area contributed by atoms with Crippen LogP contribution in [0.3, 0.4) is 0 Å². The molecule has 1 aromatic heterocycles. The number of hydrogen-bond donors (Lipinski definition) is 1. The molecule has 0 aliphatic rings. The van der Waals surface area contributed by atoms with Gasteiger partial charge < -0.3 is 10.1 Å². The average Bonchev–Trinajstić information content (AvgIpc) is 2.56. The van der Waals surface area contributed by atoms with Gasteiger partial charge in [0.15, 0.2) is 0 Å². The molecule has 1 aromatic carbocycles. The number of esters is 1. The molecular formula is C17H20N2O2. The standard InChI is InChI=1S/C17H20N2O2/c1-13(15-9-6-10-18-11-15)19-12-16(17(20)21-2)14-7-4-3-5-8-14/h3-11,13,16,19H,12H2,1-2H3/t13-,16?/m0/s1. The number of pyridine rings is 1. The summed E-state index contributed by atoms with van der Waals surface area (Å²) in [5, 5.41) is 3.37. The number of ether oxygens (including phenoxy) is 1. The Morgan fingerprint density at radius 1 is 1.19 bits per heavy atom. The van der Waals surface area contributed by atoms with E-state index in [1.807, 2.05) is 48.7 Å². The Kier molecular flexibility index (Phi) is 5.46. The van der Waals surface area contributed by atoms with Crippen molar-refractivity contribution < 1.29 is 9.53 Å². The van der Waals surface area contributed by atoms with E-state index in [0.717, 1.165) is 11.1 Å². The molecule has 4 nitrogen and oxygen atoms in total. The van der Waals surface area contributed by atoms with E-state index < -0.39 is 0 Å². The lowest BCUT2D eigenvalue weighted by molar-refractivity contribution is -0.142. The van der Waals surface area contributed by atoms with Crippen LogP contribution in [0.15, 0.2) is 54.9 Å². The topological polar surface area (TPSA) is 51.2 Å². The van der Waals surface area contributed by atoms with E-state index in [1.54, 1.807) is 6.20 Å². The molecule has 0 aliphatic heterocycles. The zero-order valence-electron chi connectivity index (χ0n) is 12.3.